The summed E-state index contributed by atoms with van der Waals surface area (Å²) in [5.74, 6) is -0.974. The number of anilines is 1. The zero-order chi connectivity index (χ0) is 17.3. The van der Waals surface area contributed by atoms with E-state index >= 15 is 0 Å². The highest BCUT2D eigenvalue weighted by Gasteiger charge is 2.38. The van der Waals surface area contributed by atoms with Crippen molar-refractivity contribution >= 4 is 35.1 Å². The molecule has 7 heteroatoms. The van der Waals surface area contributed by atoms with Gasteiger partial charge in [-0.05, 0) is 31.0 Å². The van der Waals surface area contributed by atoms with Crippen LogP contribution in [0.5, 0.6) is 0 Å². The summed E-state index contributed by atoms with van der Waals surface area (Å²) in [5, 5.41) is 0.366. The molecule has 0 aromatic heterocycles. The van der Waals surface area contributed by atoms with Gasteiger partial charge in [0.05, 0.1) is 29.3 Å². The Morgan fingerprint density at radius 1 is 1.25 bits per heavy atom. The van der Waals surface area contributed by atoms with Crippen LogP contribution in [0.25, 0.3) is 0 Å². The van der Waals surface area contributed by atoms with Gasteiger partial charge in [-0.1, -0.05) is 11.6 Å². The monoisotopic (exact) mass is 350 g/mol. The molecule has 2 fully saturated rings. The SMILES string of the molecule is COC(=O)c1ccc(Cl)c(N2CC(C(=O)N3CCCC3)CC2=O)c1. The molecule has 0 spiro atoms. The van der Waals surface area contributed by atoms with E-state index in [1.807, 2.05) is 4.90 Å². The highest BCUT2D eigenvalue weighted by atomic mass is 35.5. The quantitative estimate of drug-likeness (QED) is 0.783. The number of likely N-dealkylation sites (tertiary alicyclic amines) is 1. The summed E-state index contributed by atoms with van der Waals surface area (Å²) >= 11 is 6.20. The third-order valence-electron chi connectivity index (χ3n) is 4.55. The van der Waals surface area contributed by atoms with Crippen molar-refractivity contribution in [1.82, 2.24) is 4.90 Å². The summed E-state index contributed by atoms with van der Waals surface area (Å²) < 4.78 is 4.70. The van der Waals surface area contributed by atoms with Gasteiger partial charge >= 0.3 is 5.97 Å². The minimum absolute atomic E-state index is 0.0311. The third-order valence-corrected chi connectivity index (χ3v) is 4.87. The van der Waals surface area contributed by atoms with E-state index in [9.17, 15) is 14.4 Å². The maximum Gasteiger partial charge on any atom is 0.337 e. The molecule has 0 radical (unpaired) electrons. The number of amides is 2. The Morgan fingerprint density at radius 2 is 1.96 bits per heavy atom. The molecule has 2 amide bonds. The Labute approximate surface area is 145 Å². The second kappa shape index (κ2) is 6.81. The van der Waals surface area contributed by atoms with Gasteiger partial charge in [0.25, 0.3) is 0 Å². The molecule has 0 bridgehead atoms. The van der Waals surface area contributed by atoms with Crippen molar-refractivity contribution in [3.05, 3.63) is 28.8 Å². The van der Waals surface area contributed by atoms with Crippen LogP contribution in [0.1, 0.15) is 29.6 Å². The van der Waals surface area contributed by atoms with E-state index in [0.29, 0.717) is 22.8 Å². The molecule has 2 aliphatic heterocycles. The van der Waals surface area contributed by atoms with Crippen molar-refractivity contribution in [1.29, 1.82) is 0 Å². The van der Waals surface area contributed by atoms with Gasteiger partial charge in [0.15, 0.2) is 0 Å². The van der Waals surface area contributed by atoms with Crippen LogP contribution >= 0.6 is 11.6 Å². The molecule has 1 unspecified atom stereocenters. The van der Waals surface area contributed by atoms with Gasteiger partial charge in [-0.25, -0.2) is 4.79 Å². The molecule has 3 rings (SSSR count). The standard InChI is InChI=1S/C17H19ClN2O4/c1-24-17(23)11-4-5-13(18)14(8-11)20-10-12(9-15(20)21)16(22)19-6-2-3-7-19/h4-5,8,12H,2-3,6-7,9-10H2,1H3. The minimum Gasteiger partial charge on any atom is -0.465 e. The number of carbonyl (C=O) groups is 3. The lowest BCUT2D eigenvalue weighted by molar-refractivity contribution is -0.134. The molecule has 1 atom stereocenters. The number of ether oxygens (including phenoxy) is 1. The molecule has 1 aromatic carbocycles. The Balaban J connectivity index is 1.81. The first-order valence-electron chi connectivity index (χ1n) is 7.98. The predicted molar refractivity (Wildman–Crippen MR) is 89.1 cm³/mol. The van der Waals surface area contributed by atoms with Crippen molar-refractivity contribution in [2.24, 2.45) is 5.92 Å². The molecule has 0 saturated carbocycles. The van der Waals surface area contributed by atoms with Crippen molar-refractivity contribution in [2.45, 2.75) is 19.3 Å². The summed E-state index contributed by atoms with van der Waals surface area (Å²) in [5.41, 5.74) is 0.764. The number of hydrogen-bond donors (Lipinski definition) is 0. The smallest absolute Gasteiger partial charge is 0.337 e. The highest BCUT2D eigenvalue weighted by Crippen LogP contribution is 2.33. The van der Waals surface area contributed by atoms with Gasteiger partial charge < -0.3 is 14.5 Å². The fourth-order valence-electron chi connectivity index (χ4n) is 3.27. The molecule has 6 nitrogen and oxygen atoms in total. The summed E-state index contributed by atoms with van der Waals surface area (Å²) in [7, 11) is 1.29. The zero-order valence-corrected chi connectivity index (χ0v) is 14.2. The number of carbonyl (C=O) groups excluding carboxylic acids is 3. The first kappa shape index (κ1) is 16.8. The topological polar surface area (TPSA) is 66.9 Å². The number of esters is 1. The molecule has 128 valence electrons. The molecular formula is C17H19ClN2O4. The first-order valence-corrected chi connectivity index (χ1v) is 8.36. The van der Waals surface area contributed by atoms with Crippen LogP contribution in [-0.2, 0) is 14.3 Å². The van der Waals surface area contributed by atoms with Crippen LogP contribution in [0.4, 0.5) is 5.69 Å². The van der Waals surface area contributed by atoms with E-state index in [0.717, 1.165) is 25.9 Å². The largest absolute Gasteiger partial charge is 0.465 e. The van der Waals surface area contributed by atoms with Crippen molar-refractivity contribution in [2.75, 3.05) is 31.6 Å². The van der Waals surface area contributed by atoms with E-state index in [1.54, 1.807) is 12.1 Å². The normalized spacial score (nSPS) is 20.6. The summed E-state index contributed by atoms with van der Waals surface area (Å²) in [6.45, 7) is 1.82. The van der Waals surface area contributed by atoms with Crippen molar-refractivity contribution < 1.29 is 19.1 Å². The Kier molecular flexibility index (Phi) is 4.76. The average molecular weight is 351 g/mol. The number of methoxy groups -OCH3 is 1. The number of rotatable bonds is 3. The van der Waals surface area contributed by atoms with Crippen LogP contribution in [0.3, 0.4) is 0 Å². The summed E-state index contributed by atoms with van der Waals surface area (Å²) in [4.78, 5) is 39.9. The van der Waals surface area contributed by atoms with Crippen LogP contribution in [0.2, 0.25) is 5.02 Å². The predicted octanol–water partition coefficient (Wildman–Crippen LogP) is 2.10. The number of nitrogens with zero attached hydrogens (tertiary/aromatic N) is 2. The maximum absolute atomic E-state index is 12.5. The second-order valence-electron chi connectivity index (χ2n) is 6.10. The van der Waals surface area contributed by atoms with E-state index < -0.39 is 5.97 Å². The van der Waals surface area contributed by atoms with Crippen LogP contribution in [0, 0.1) is 5.92 Å². The number of halogens is 1. The van der Waals surface area contributed by atoms with Crippen LogP contribution in [0.15, 0.2) is 18.2 Å². The molecule has 0 aliphatic carbocycles. The van der Waals surface area contributed by atoms with Gasteiger partial charge in [-0.15, -0.1) is 0 Å². The summed E-state index contributed by atoms with van der Waals surface area (Å²) in [6.07, 6.45) is 2.21. The van der Waals surface area contributed by atoms with Crippen LogP contribution < -0.4 is 4.90 Å². The number of benzene rings is 1. The summed E-state index contributed by atoms with van der Waals surface area (Å²) in [6, 6.07) is 4.64. The van der Waals surface area contributed by atoms with E-state index in [-0.39, 0.29) is 24.2 Å². The van der Waals surface area contributed by atoms with Gasteiger partial charge in [0, 0.05) is 26.1 Å². The van der Waals surface area contributed by atoms with Crippen molar-refractivity contribution in [3.8, 4) is 0 Å². The molecule has 24 heavy (non-hydrogen) atoms. The molecule has 2 aliphatic rings. The fraction of sp³-hybridized carbons (Fsp3) is 0.471. The maximum atomic E-state index is 12.5. The zero-order valence-electron chi connectivity index (χ0n) is 13.5. The molecular weight excluding hydrogens is 332 g/mol. The number of hydrogen-bond acceptors (Lipinski definition) is 4. The van der Waals surface area contributed by atoms with E-state index in [2.05, 4.69) is 0 Å². The molecule has 2 saturated heterocycles. The fourth-order valence-corrected chi connectivity index (χ4v) is 3.49. The Hall–Kier alpha value is -2.08. The lowest BCUT2D eigenvalue weighted by Crippen LogP contribution is -2.35. The Bertz CT molecular complexity index is 685. The first-order chi connectivity index (χ1) is 11.5. The lowest BCUT2D eigenvalue weighted by atomic mass is 10.1. The van der Waals surface area contributed by atoms with E-state index in [4.69, 9.17) is 16.3 Å². The third kappa shape index (κ3) is 3.11. The Morgan fingerprint density at radius 3 is 2.62 bits per heavy atom. The molecule has 1 aromatic rings. The second-order valence-corrected chi connectivity index (χ2v) is 6.50. The highest BCUT2D eigenvalue weighted by molar-refractivity contribution is 6.34. The lowest BCUT2D eigenvalue weighted by Gasteiger charge is -2.21. The van der Waals surface area contributed by atoms with Gasteiger partial charge in [0.2, 0.25) is 11.8 Å². The molecule has 0 N–H and O–H groups in total. The molecule has 2 heterocycles. The van der Waals surface area contributed by atoms with E-state index in [1.165, 1.54) is 18.1 Å². The van der Waals surface area contributed by atoms with Gasteiger partial charge in [-0.2, -0.15) is 0 Å². The van der Waals surface area contributed by atoms with Crippen LogP contribution in [-0.4, -0.2) is 49.4 Å². The van der Waals surface area contributed by atoms with Gasteiger partial charge in [0.1, 0.15) is 0 Å². The van der Waals surface area contributed by atoms with Gasteiger partial charge in [-0.3, -0.25) is 9.59 Å². The minimum atomic E-state index is -0.496. The average Bonchev–Trinajstić information content (AvgIpc) is 3.24. The van der Waals surface area contributed by atoms with Crippen molar-refractivity contribution in [3.63, 3.8) is 0 Å².